The molecule has 30 heavy (non-hydrogen) atoms. The molecule has 0 bridgehead atoms. The Morgan fingerprint density at radius 3 is 2.40 bits per heavy atom. The lowest BCUT2D eigenvalue weighted by molar-refractivity contribution is 0.0240. The Morgan fingerprint density at radius 2 is 1.70 bits per heavy atom. The Morgan fingerprint density at radius 1 is 1.00 bits per heavy atom. The number of hydrogen-bond acceptors (Lipinski definition) is 5. The number of benzene rings is 2. The van der Waals surface area contributed by atoms with Gasteiger partial charge in [0, 0.05) is 53.9 Å². The average molecular weight is 425 g/mol. The molecule has 1 fully saturated rings. The molecule has 1 aromatic heterocycles. The Kier molecular flexibility index (Phi) is 5.52. The number of halogens is 1. The summed E-state index contributed by atoms with van der Waals surface area (Å²) in [4.78, 5) is 25.6. The molecule has 0 aliphatic carbocycles. The predicted octanol–water partition coefficient (Wildman–Crippen LogP) is 5.01. The van der Waals surface area contributed by atoms with Crippen LogP contribution in [0.4, 0.5) is 10.7 Å². The smallest absolute Gasteiger partial charge is 0.410 e. The van der Waals surface area contributed by atoms with E-state index < -0.39 is 5.60 Å². The minimum Gasteiger partial charge on any atom is -0.444 e. The standard InChI is InChI=1S/C23H25ClN4O2/c1-23(2,3)30-22(29)28-13-11-27(12-14-28)21-25-15-16-7-6-9-18(20(16)26-21)17-8-4-5-10-19(17)24/h4-10,15H,11-14H2,1-3H3. The molecule has 0 N–H and O–H groups in total. The van der Waals surface area contributed by atoms with Gasteiger partial charge in [0.1, 0.15) is 5.60 Å². The van der Waals surface area contributed by atoms with Crippen molar-refractivity contribution in [2.24, 2.45) is 0 Å². The van der Waals surface area contributed by atoms with E-state index in [0.717, 1.165) is 22.0 Å². The van der Waals surface area contributed by atoms with Gasteiger partial charge in [0.2, 0.25) is 5.95 Å². The molecule has 4 rings (SSSR count). The number of aromatic nitrogens is 2. The highest BCUT2D eigenvalue weighted by atomic mass is 35.5. The average Bonchev–Trinajstić information content (AvgIpc) is 2.72. The highest BCUT2D eigenvalue weighted by molar-refractivity contribution is 6.33. The highest BCUT2D eigenvalue weighted by Crippen LogP contribution is 2.33. The second-order valence-electron chi connectivity index (χ2n) is 8.35. The predicted molar refractivity (Wildman–Crippen MR) is 120 cm³/mol. The van der Waals surface area contributed by atoms with E-state index in [4.69, 9.17) is 21.3 Å². The van der Waals surface area contributed by atoms with E-state index in [2.05, 4.69) is 9.88 Å². The van der Waals surface area contributed by atoms with Gasteiger partial charge in [-0.15, -0.1) is 0 Å². The molecule has 2 heterocycles. The number of carbonyl (C=O) groups excluding carboxylic acids is 1. The van der Waals surface area contributed by atoms with Gasteiger partial charge in [-0.2, -0.15) is 0 Å². The van der Waals surface area contributed by atoms with Crippen LogP contribution >= 0.6 is 11.6 Å². The maximum atomic E-state index is 12.3. The third-order valence-electron chi connectivity index (χ3n) is 4.98. The van der Waals surface area contributed by atoms with E-state index >= 15 is 0 Å². The minimum absolute atomic E-state index is 0.275. The van der Waals surface area contributed by atoms with E-state index in [1.54, 1.807) is 4.90 Å². The molecule has 1 aliphatic rings. The van der Waals surface area contributed by atoms with Crippen molar-refractivity contribution in [1.82, 2.24) is 14.9 Å². The van der Waals surface area contributed by atoms with Gasteiger partial charge in [-0.05, 0) is 26.8 Å². The van der Waals surface area contributed by atoms with E-state index in [9.17, 15) is 4.79 Å². The van der Waals surface area contributed by atoms with Crippen LogP contribution in [-0.2, 0) is 4.74 Å². The van der Waals surface area contributed by atoms with Crippen LogP contribution < -0.4 is 4.90 Å². The number of para-hydroxylation sites is 1. The Hall–Kier alpha value is -2.86. The van der Waals surface area contributed by atoms with Crippen molar-refractivity contribution >= 4 is 34.5 Å². The van der Waals surface area contributed by atoms with Crippen molar-refractivity contribution in [3.63, 3.8) is 0 Å². The zero-order chi connectivity index (χ0) is 21.3. The summed E-state index contributed by atoms with van der Waals surface area (Å²) >= 11 is 6.44. The lowest BCUT2D eigenvalue weighted by Crippen LogP contribution is -2.50. The summed E-state index contributed by atoms with van der Waals surface area (Å²) < 4.78 is 5.48. The molecule has 0 atom stereocenters. The summed E-state index contributed by atoms with van der Waals surface area (Å²) in [5.41, 5.74) is 2.30. The number of nitrogens with zero attached hydrogens (tertiary/aromatic N) is 4. The van der Waals surface area contributed by atoms with Crippen LogP contribution in [0.1, 0.15) is 20.8 Å². The summed E-state index contributed by atoms with van der Waals surface area (Å²) in [5.74, 6) is 0.658. The molecule has 7 heteroatoms. The lowest BCUT2D eigenvalue weighted by atomic mass is 10.0. The molecule has 1 saturated heterocycles. The molecular formula is C23H25ClN4O2. The fourth-order valence-electron chi connectivity index (χ4n) is 3.51. The maximum absolute atomic E-state index is 12.3. The van der Waals surface area contributed by atoms with Crippen LogP contribution in [0.3, 0.4) is 0 Å². The van der Waals surface area contributed by atoms with Gasteiger partial charge in [-0.1, -0.05) is 48.0 Å². The minimum atomic E-state index is -0.495. The van der Waals surface area contributed by atoms with E-state index in [1.165, 1.54) is 0 Å². The van der Waals surface area contributed by atoms with Crippen LogP contribution in [0.2, 0.25) is 5.02 Å². The maximum Gasteiger partial charge on any atom is 0.410 e. The number of amides is 1. The molecule has 1 aliphatic heterocycles. The number of anilines is 1. The second-order valence-corrected chi connectivity index (χ2v) is 8.75. The molecule has 156 valence electrons. The summed E-state index contributed by atoms with van der Waals surface area (Å²) in [7, 11) is 0. The van der Waals surface area contributed by atoms with E-state index in [-0.39, 0.29) is 6.09 Å². The SMILES string of the molecule is CC(C)(C)OC(=O)N1CCN(c2ncc3cccc(-c4ccccc4Cl)c3n2)CC1. The van der Waals surface area contributed by atoms with Gasteiger partial charge in [0.15, 0.2) is 0 Å². The first-order chi connectivity index (χ1) is 14.3. The van der Waals surface area contributed by atoms with E-state index in [1.807, 2.05) is 69.4 Å². The molecule has 3 aromatic rings. The third-order valence-corrected chi connectivity index (χ3v) is 5.31. The van der Waals surface area contributed by atoms with Crippen molar-refractivity contribution in [3.8, 4) is 11.1 Å². The number of rotatable bonds is 2. The molecule has 1 amide bonds. The topological polar surface area (TPSA) is 58.6 Å². The zero-order valence-corrected chi connectivity index (χ0v) is 18.2. The normalized spacial score (nSPS) is 14.8. The number of carbonyl (C=O) groups is 1. The number of hydrogen-bond donors (Lipinski definition) is 0. The lowest BCUT2D eigenvalue weighted by Gasteiger charge is -2.35. The van der Waals surface area contributed by atoms with Crippen LogP contribution in [0, 0.1) is 0 Å². The number of ether oxygens (including phenoxy) is 1. The molecular weight excluding hydrogens is 400 g/mol. The summed E-state index contributed by atoms with van der Waals surface area (Å²) in [5, 5.41) is 1.65. The summed E-state index contributed by atoms with van der Waals surface area (Å²) in [6.07, 6.45) is 1.57. The van der Waals surface area contributed by atoms with Crippen LogP contribution in [-0.4, -0.2) is 52.7 Å². The van der Waals surface area contributed by atoms with Gasteiger partial charge < -0.3 is 14.5 Å². The first-order valence-corrected chi connectivity index (χ1v) is 10.4. The zero-order valence-electron chi connectivity index (χ0n) is 17.4. The second kappa shape index (κ2) is 8.11. The van der Waals surface area contributed by atoms with Crippen LogP contribution in [0.5, 0.6) is 0 Å². The molecule has 0 unspecified atom stereocenters. The molecule has 0 radical (unpaired) electrons. The van der Waals surface area contributed by atoms with Gasteiger partial charge in [0.25, 0.3) is 0 Å². The van der Waals surface area contributed by atoms with Gasteiger partial charge in [0.05, 0.1) is 5.52 Å². The summed E-state index contributed by atoms with van der Waals surface area (Å²) in [6, 6.07) is 13.8. The first-order valence-electron chi connectivity index (χ1n) is 10.1. The Labute approximate surface area is 181 Å². The van der Waals surface area contributed by atoms with Crippen molar-refractivity contribution in [3.05, 3.63) is 53.7 Å². The highest BCUT2D eigenvalue weighted by Gasteiger charge is 2.27. The number of piperazine rings is 1. The van der Waals surface area contributed by atoms with Gasteiger partial charge >= 0.3 is 6.09 Å². The van der Waals surface area contributed by atoms with Crippen molar-refractivity contribution in [2.45, 2.75) is 26.4 Å². The molecule has 0 spiro atoms. The third kappa shape index (κ3) is 4.33. The van der Waals surface area contributed by atoms with Crippen molar-refractivity contribution < 1.29 is 9.53 Å². The monoisotopic (exact) mass is 424 g/mol. The molecule has 2 aromatic carbocycles. The van der Waals surface area contributed by atoms with E-state index in [0.29, 0.717) is 37.1 Å². The largest absolute Gasteiger partial charge is 0.444 e. The van der Waals surface area contributed by atoms with Gasteiger partial charge in [-0.3, -0.25) is 0 Å². The van der Waals surface area contributed by atoms with Gasteiger partial charge in [-0.25, -0.2) is 14.8 Å². The fourth-order valence-corrected chi connectivity index (χ4v) is 3.75. The molecule has 0 saturated carbocycles. The number of fused-ring (bicyclic) bond motifs is 1. The van der Waals surface area contributed by atoms with Crippen molar-refractivity contribution in [1.29, 1.82) is 0 Å². The van der Waals surface area contributed by atoms with Crippen LogP contribution in [0.15, 0.2) is 48.7 Å². The van der Waals surface area contributed by atoms with Crippen LogP contribution in [0.25, 0.3) is 22.0 Å². The Balaban J connectivity index is 1.57. The fraction of sp³-hybridized carbons (Fsp3) is 0.348. The summed E-state index contributed by atoms with van der Waals surface area (Å²) in [6.45, 7) is 8.07. The first kappa shape index (κ1) is 20.4. The quantitative estimate of drug-likeness (QED) is 0.578. The Bertz CT molecular complexity index is 1070. The van der Waals surface area contributed by atoms with Crippen molar-refractivity contribution in [2.75, 3.05) is 31.1 Å². The molecule has 6 nitrogen and oxygen atoms in total.